The second-order valence-corrected chi connectivity index (χ2v) is 8.32. The van der Waals surface area contributed by atoms with Crippen molar-refractivity contribution >= 4 is 40.2 Å². The molecule has 3 aromatic rings. The Morgan fingerprint density at radius 2 is 1.77 bits per heavy atom. The van der Waals surface area contributed by atoms with Gasteiger partial charge in [-0.1, -0.05) is 24.3 Å². The minimum atomic E-state index is -0.833. The van der Waals surface area contributed by atoms with Gasteiger partial charge in [0.25, 0.3) is 17.4 Å². The molecule has 0 spiro atoms. The molecular weight excluding hydrogens is 416 g/mol. The van der Waals surface area contributed by atoms with Crippen LogP contribution in [-0.2, 0) is 9.59 Å². The number of hydrogen-bond acceptors (Lipinski definition) is 6. The fourth-order valence-corrected chi connectivity index (χ4v) is 4.65. The van der Waals surface area contributed by atoms with Crippen LogP contribution in [-0.4, -0.2) is 21.7 Å². The molecule has 0 radical (unpaired) electrons. The number of hydrogen-bond donors (Lipinski definition) is 1. The van der Waals surface area contributed by atoms with E-state index in [4.69, 9.17) is 0 Å². The van der Waals surface area contributed by atoms with Gasteiger partial charge in [0.05, 0.1) is 10.5 Å². The number of nitro groups is 1. The highest BCUT2D eigenvalue weighted by atomic mass is 32.1. The van der Waals surface area contributed by atoms with Crippen LogP contribution >= 0.6 is 11.3 Å². The molecular formula is C23H18N2O5S. The lowest BCUT2D eigenvalue weighted by molar-refractivity contribution is -0.384. The largest absolute Gasteiger partial charge is 0.507 e. The van der Waals surface area contributed by atoms with E-state index in [1.54, 1.807) is 12.1 Å². The third-order valence-corrected chi connectivity index (χ3v) is 6.00. The predicted octanol–water partition coefficient (Wildman–Crippen LogP) is 4.90. The van der Waals surface area contributed by atoms with Crippen molar-refractivity contribution < 1.29 is 19.6 Å². The normalized spacial score (nSPS) is 17.9. The highest BCUT2D eigenvalue weighted by Crippen LogP contribution is 2.44. The van der Waals surface area contributed by atoms with E-state index >= 15 is 0 Å². The van der Waals surface area contributed by atoms with Gasteiger partial charge in [0.15, 0.2) is 0 Å². The summed E-state index contributed by atoms with van der Waals surface area (Å²) in [5, 5.41) is 24.0. The molecule has 8 heteroatoms. The van der Waals surface area contributed by atoms with E-state index in [9.17, 15) is 24.8 Å². The molecule has 2 heterocycles. The lowest BCUT2D eigenvalue weighted by Crippen LogP contribution is -2.29. The molecule has 1 unspecified atom stereocenters. The number of benzene rings is 2. The number of aryl methyl sites for hydroxylation is 2. The van der Waals surface area contributed by atoms with Crippen LogP contribution in [0, 0.1) is 24.0 Å². The summed E-state index contributed by atoms with van der Waals surface area (Å²) in [5.41, 5.74) is 2.21. The second kappa shape index (κ2) is 7.81. The molecule has 156 valence electrons. The summed E-state index contributed by atoms with van der Waals surface area (Å²) in [5.74, 6) is -2.02. The summed E-state index contributed by atoms with van der Waals surface area (Å²) in [6.45, 7) is 3.80. The summed E-state index contributed by atoms with van der Waals surface area (Å²) < 4.78 is 0. The average Bonchev–Trinajstić information content (AvgIpc) is 3.34. The molecule has 7 nitrogen and oxygen atoms in total. The standard InChI is InChI=1S/C23H18N2O5S/c1-13-9-14(2)11-17(10-13)24-20(18-7-4-8-31-18)19(22(27)23(24)28)21(26)15-5-3-6-16(12-15)25(29)30/h3-12,20,26H,1-2H3/b21-19-. The first-order valence-electron chi connectivity index (χ1n) is 9.45. The van der Waals surface area contributed by atoms with Gasteiger partial charge in [-0.2, -0.15) is 0 Å². The quantitative estimate of drug-likeness (QED) is 0.207. The molecule has 0 bridgehead atoms. The number of nitrogens with zero attached hydrogens (tertiary/aromatic N) is 2. The van der Waals surface area contributed by atoms with Crippen molar-refractivity contribution in [3.8, 4) is 0 Å². The molecule has 1 aliphatic rings. The Hall–Kier alpha value is -3.78. The zero-order chi connectivity index (χ0) is 22.3. The number of thiophene rings is 1. The van der Waals surface area contributed by atoms with E-state index in [0.29, 0.717) is 10.6 Å². The lowest BCUT2D eigenvalue weighted by atomic mass is 9.99. The van der Waals surface area contributed by atoms with Crippen LogP contribution in [0.15, 0.2) is 65.6 Å². The minimum absolute atomic E-state index is 0.0906. The van der Waals surface area contributed by atoms with Gasteiger partial charge in [-0.05, 0) is 48.6 Å². The van der Waals surface area contributed by atoms with Crippen LogP contribution in [0.3, 0.4) is 0 Å². The average molecular weight is 434 g/mol. The van der Waals surface area contributed by atoms with E-state index in [1.165, 1.54) is 40.5 Å². The number of aliphatic hydroxyl groups is 1. The molecule has 1 atom stereocenters. The Bertz CT molecular complexity index is 1230. The van der Waals surface area contributed by atoms with Crippen LogP contribution in [0.1, 0.15) is 27.6 Å². The van der Waals surface area contributed by atoms with Gasteiger partial charge in [0.2, 0.25) is 0 Å². The van der Waals surface area contributed by atoms with E-state index in [0.717, 1.165) is 11.1 Å². The highest BCUT2D eigenvalue weighted by molar-refractivity contribution is 7.10. The molecule has 1 aliphatic heterocycles. The number of aliphatic hydroxyl groups excluding tert-OH is 1. The summed E-state index contributed by atoms with van der Waals surface area (Å²) >= 11 is 1.36. The smallest absolute Gasteiger partial charge is 0.300 e. The fraction of sp³-hybridized carbons (Fsp3) is 0.130. The van der Waals surface area contributed by atoms with E-state index in [-0.39, 0.29) is 16.8 Å². The summed E-state index contributed by atoms with van der Waals surface area (Å²) in [6, 6.07) is 13.7. The van der Waals surface area contributed by atoms with Crippen molar-refractivity contribution in [1.29, 1.82) is 0 Å². The molecule has 2 aromatic carbocycles. The maximum Gasteiger partial charge on any atom is 0.300 e. The van der Waals surface area contributed by atoms with Gasteiger partial charge in [-0.3, -0.25) is 24.6 Å². The van der Waals surface area contributed by atoms with E-state index in [1.807, 2.05) is 37.4 Å². The molecule has 1 fully saturated rings. The third-order valence-electron chi connectivity index (χ3n) is 5.07. The molecule has 1 amide bonds. The topological polar surface area (TPSA) is 101 Å². The Morgan fingerprint density at radius 1 is 1.06 bits per heavy atom. The Kier molecular flexibility index (Phi) is 5.16. The molecule has 0 saturated carbocycles. The SMILES string of the molecule is Cc1cc(C)cc(N2C(=O)C(=O)/C(=C(\O)c3cccc([N+](=O)[O-])c3)C2c2cccs2)c1. The third kappa shape index (κ3) is 3.62. The maximum absolute atomic E-state index is 13.1. The van der Waals surface area contributed by atoms with Crippen LogP contribution in [0.2, 0.25) is 0 Å². The Labute approximate surface area is 182 Å². The first-order chi connectivity index (χ1) is 14.8. The van der Waals surface area contributed by atoms with Crippen molar-refractivity contribution in [3.05, 3.63) is 97.2 Å². The number of rotatable bonds is 4. The van der Waals surface area contributed by atoms with E-state index in [2.05, 4.69) is 0 Å². The maximum atomic E-state index is 13.1. The highest BCUT2D eigenvalue weighted by Gasteiger charge is 2.47. The fourth-order valence-electron chi connectivity index (χ4n) is 3.83. The first-order valence-corrected chi connectivity index (χ1v) is 10.3. The number of carbonyl (C=O) groups excluding carboxylic acids is 2. The van der Waals surface area contributed by atoms with Gasteiger partial charge in [0.1, 0.15) is 11.8 Å². The number of carbonyl (C=O) groups is 2. The van der Waals surface area contributed by atoms with Gasteiger partial charge < -0.3 is 5.11 Å². The molecule has 1 saturated heterocycles. The van der Waals surface area contributed by atoms with Crippen LogP contribution in [0.25, 0.3) is 5.76 Å². The van der Waals surface area contributed by atoms with Crippen molar-refractivity contribution in [2.45, 2.75) is 19.9 Å². The Balaban J connectivity index is 1.94. The molecule has 4 rings (SSSR count). The summed E-state index contributed by atoms with van der Waals surface area (Å²) in [6.07, 6.45) is 0. The summed E-state index contributed by atoms with van der Waals surface area (Å²) in [4.78, 5) is 38.8. The zero-order valence-corrected chi connectivity index (χ0v) is 17.6. The lowest BCUT2D eigenvalue weighted by Gasteiger charge is -2.25. The first kappa shape index (κ1) is 20.5. The number of Topliss-reactive ketones (excluding diaryl/α,β-unsaturated/α-hetero) is 1. The van der Waals surface area contributed by atoms with Crippen molar-refractivity contribution in [2.24, 2.45) is 0 Å². The van der Waals surface area contributed by atoms with Crippen molar-refractivity contribution in [2.75, 3.05) is 4.90 Å². The number of anilines is 1. The number of amides is 1. The van der Waals surface area contributed by atoms with Crippen LogP contribution < -0.4 is 4.90 Å². The van der Waals surface area contributed by atoms with Crippen molar-refractivity contribution in [1.82, 2.24) is 0 Å². The molecule has 0 aliphatic carbocycles. The Morgan fingerprint density at radius 3 is 2.39 bits per heavy atom. The molecule has 1 N–H and O–H groups in total. The summed E-state index contributed by atoms with van der Waals surface area (Å²) in [7, 11) is 0. The van der Waals surface area contributed by atoms with Gasteiger partial charge >= 0.3 is 0 Å². The second-order valence-electron chi connectivity index (χ2n) is 7.34. The van der Waals surface area contributed by atoms with Crippen molar-refractivity contribution in [3.63, 3.8) is 0 Å². The molecule has 31 heavy (non-hydrogen) atoms. The van der Waals surface area contributed by atoms with Crippen LogP contribution in [0.4, 0.5) is 11.4 Å². The number of nitro benzene ring substituents is 1. The molecule has 1 aromatic heterocycles. The zero-order valence-electron chi connectivity index (χ0n) is 16.7. The van der Waals surface area contributed by atoms with Crippen LogP contribution in [0.5, 0.6) is 0 Å². The number of ketones is 1. The van der Waals surface area contributed by atoms with Gasteiger partial charge in [-0.25, -0.2) is 0 Å². The number of non-ortho nitro benzene ring substituents is 1. The monoisotopic (exact) mass is 434 g/mol. The van der Waals surface area contributed by atoms with E-state index < -0.39 is 28.4 Å². The minimum Gasteiger partial charge on any atom is -0.507 e. The van der Waals surface area contributed by atoms with Gasteiger partial charge in [-0.15, -0.1) is 11.3 Å². The predicted molar refractivity (Wildman–Crippen MR) is 118 cm³/mol. The van der Waals surface area contributed by atoms with Gasteiger partial charge in [0, 0.05) is 28.3 Å².